The molecule has 7 nitrogen and oxygen atoms in total. The van der Waals surface area contributed by atoms with Gasteiger partial charge in [-0.05, 0) is 48.7 Å². The van der Waals surface area contributed by atoms with Crippen LogP contribution in [0.15, 0.2) is 57.3 Å². The third-order valence-electron chi connectivity index (χ3n) is 3.39. The lowest BCUT2D eigenvalue weighted by atomic mass is 10.1. The fourth-order valence-corrected chi connectivity index (χ4v) is 3.42. The number of anilines is 1. The van der Waals surface area contributed by atoms with E-state index in [0.717, 1.165) is 4.88 Å². The van der Waals surface area contributed by atoms with E-state index in [1.165, 1.54) is 40.6 Å². The Labute approximate surface area is 142 Å². The number of hydrazone groups is 1. The maximum atomic E-state index is 12.6. The number of nitrogens with zero attached hydrogens (tertiary/aromatic N) is 2. The van der Waals surface area contributed by atoms with Crippen molar-refractivity contribution in [3.8, 4) is 0 Å². The molecule has 1 aliphatic rings. The van der Waals surface area contributed by atoms with Crippen LogP contribution < -0.4 is 10.9 Å². The highest BCUT2D eigenvalue weighted by molar-refractivity contribution is 7.86. The van der Waals surface area contributed by atoms with Crippen molar-refractivity contribution in [3.63, 3.8) is 0 Å². The molecule has 0 bridgehead atoms. The van der Waals surface area contributed by atoms with Gasteiger partial charge in [0.1, 0.15) is 0 Å². The molecule has 1 aliphatic heterocycles. The van der Waals surface area contributed by atoms with Gasteiger partial charge in [-0.25, -0.2) is 0 Å². The number of amides is 1. The molecule has 124 valence electrons. The summed E-state index contributed by atoms with van der Waals surface area (Å²) < 4.78 is 27.0. The lowest BCUT2D eigenvalue weighted by molar-refractivity contribution is -0.114. The lowest BCUT2D eigenvalue weighted by Gasteiger charge is -2.12. The first-order valence-corrected chi connectivity index (χ1v) is 9.10. The predicted molar refractivity (Wildman–Crippen MR) is 91.8 cm³/mol. The van der Waals surface area contributed by atoms with E-state index in [-0.39, 0.29) is 10.8 Å². The van der Waals surface area contributed by atoms with E-state index in [9.17, 15) is 13.2 Å². The first-order chi connectivity index (χ1) is 11.4. The number of carbonyl (C=O) groups is 1. The highest BCUT2D eigenvalue weighted by Gasteiger charge is 2.29. The molecule has 0 saturated carbocycles. The Balaban J connectivity index is 1.90. The van der Waals surface area contributed by atoms with Gasteiger partial charge in [0.25, 0.3) is 5.91 Å². The maximum Gasteiger partial charge on any atom is 0.312 e. The third-order valence-corrected chi connectivity index (χ3v) is 5.31. The molecule has 9 heteroatoms. The Morgan fingerprint density at radius 3 is 2.54 bits per heavy atom. The molecule has 1 aromatic heterocycles. The van der Waals surface area contributed by atoms with Crippen molar-refractivity contribution < 1.29 is 17.5 Å². The van der Waals surface area contributed by atoms with Crippen LogP contribution in [0.3, 0.4) is 0 Å². The van der Waals surface area contributed by atoms with Crippen molar-refractivity contribution in [2.75, 3.05) is 5.01 Å². The minimum Gasteiger partial charge on any atom is -0.267 e. The van der Waals surface area contributed by atoms with E-state index in [2.05, 4.69) is 9.39 Å². The van der Waals surface area contributed by atoms with Crippen LogP contribution in [-0.4, -0.2) is 20.0 Å². The van der Waals surface area contributed by atoms with Crippen LogP contribution in [-0.2, 0) is 19.2 Å². The average Bonchev–Trinajstić information content (AvgIpc) is 3.19. The van der Waals surface area contributed by atoms with E-state index in [1.807, 2.05) is 17.5 Å². The third kappa shape index (κ3) is 3.02. The summed E-state index contributed by atoms with van der Waals surface area (Å²) in [4.78, 5) is 13.4. The van der Waals surface area contributed by atoms with Gasteiger partial charge in [-0.15, -0.1) is 11.3 Å². The molecule has 0 unspecified atom stereocenters. The fraction of sp³-hybridized carbons (Fsp3) is 0.0667. The molecule has 24 heavy (non-hydrogen) atoms. The first kappa shape index (κ1) is 16.5. The summed E-state index contributed by atoms with van der Waals surface area (Å²) in [5.41, 5.74) is 1.54. The van der Waals surface area contributed by atoms with Gasteiger partial charge in [0.2, 0.25) is 0 Å². The average molecular weight is 363 g/mol. The van der Waals surface area contributed by atoms with Crippen molar-refractivity contribution >= 4 is 44.8 Å². The van der Waals surface area contributed by atoms with Crippen molar-refractivity contribution in [1.82, 2.24) is 0 Å². The van der Waals surface area contributed by atoms with Crippen molar-refractivity contribution in [2.24, 2.45) is 11.0 Å². The zero-order chi connectivity index (χ0) is 17.3. The molecule has 0 atom stereocenters. The van der Waals surface area contributed by atoms with Crippen LogP contribution in [0, 0.1) is 0 Å². The molecule has 0 radical (unpaired) electrons. The molecule has 0 fully saturated rings. The Bertz CT molecular complexity index is 930. The molecule has 2 N–H and O–H groups in total. The molecule has 2 aromatic rings. The summed E-state index contributed by atoms with van der Waals surface area (Å²) in [5.74, 6) is 4.47. The van der Waals surface area contributed by atoms with Crippen molar-refractivity contribution in [1.29, 1.82) is 0 Å². The summed E-state index contributed by atoms with van der Waals surface area (Å²) >= 11 is 1.52. The number of hydrogen-bond donors (Lipinski definition) is 1. The molecule has 0 spiro atoms. The van der Waals surface area contributed by atoms with Crippen LogP contribution >= 0.6 is 11.3 Å². The van der Waals surface area contributed by atoms with Crippen molar-refractivity contribution in [3.05, 3.63) is 52.2 Å². The summed E-state index contributed by atoms with van der Waals surface area (Å²) in [5, 5.41) is 7.40. The Hall–Kier alpha value is -2.33. The topological polar surface area (TPSA) is 102 Å². The summed E-state index contributed by atoms with van der Waals surface area (Å²) in [7, 11) is -3.98. The number of thiophene rings is 1. The maximum absolute atomic E-state index is 12.6. The van der Waals surface area contributed by atoms with E-state index in [4.69, 9.17) is 5.90 Å². The normalized spacial score (nSPS) is 16.8. The van der Waals surface area contributed by atoms with E-state index in [0.29, 0.717) is 17.0 Å². The van der Waals surface area contributed by atoms with Gasteiger partial charge in [-0.2, -0.15) is 28.7 Å². The molecular formula is C15H13N3O4S2. The monoisotopic (exact) mass is 363 g/mol. The molecule has 0 saturated heterocycles. The van der Waals surface area contributed by atoms with Gasteiger partial charge >= 0.3 is 10.1 Å². The highest BCUT2D eigenvalue weighted by atomic mass is 32.2. The largest absolute Gasteiger partial charge is 0.312 e. The van der Waals surface area contributed by atoms with Gasteiger partial charge in [0.15, 0.2) is 0 Å². The summed E-state index contributed by atoms with van der Waals surface area (Å²) in [6, 6.07) is 9.35. The molecule has 3 rings (SSSR count). The van der Waals surface area contributed by atoms with Crippen LogP contribution in [0.1, 0.15) is 11.8 Å². The number of benzene rings is 1. The summed E-state index contributed by atoms with van der Waals surface area (Å²) in [6.07, 6.45) is 1.78. The smallest absolute Gasteiger partial charge is 0.267 e. The molecule has 1 amide bonds. The Morgan fingerprint density at radius 1 is 1.25 bits per heavy atom. The van der Waals surface area contributed by atoms with Crippen LogP contribution in [0.2, 0.25) is 0 Å². The SMILES string of the molecule is CC1=NN(c2ccc(S(=O)(=O)ON)cc2)C(=O)/C1=C/c1cccs1. The van der Waals surface area contributed by atoms with Crippen LogP contribution in [0.25, 0.3) is 6.08 Å². The molecule has 0 aliphatic carbocycles. The van der Waals surface area contributed by atoms with Gasteiger partial charge in [0.05, 0.1) is 21.9 Å². The standard InChI is InChI=1S/C15H13N3O4S2/c1-10-14(9-12-3-2-8-23-12)15(19)18(17-10)11-4-6-13(7-5-11)24(20,21)22-16/h2-9H,16H2,1H3/b14-9+. The second-order valence-electron chi connectivity index (χ2n) is 4.92. The summed E-state index contributed by atoms with van der Waals surface area (Å²) in [6.45, 7) is 1.75. The van der Waals surface area contributed by atoms with Crippen molar-refractivity contribution in [2.45, 2.75) is 11.8 Å². The number of carbonyl (C=O) groups excluding carboxylic acids is 1. The highest BCUT2D eigenvalue weighted by Crippen LogP contribution is 2.27. The Kier molecular flexibility index (Phi) is 4.33. The second-order valence-corrected chi connectivity index (χ2v) is 7.47. The number of nitrogens with two attached hydrogens (primary N) is 1. The van der Waals surface area contributed by atoms with Gasteiger partial charge in [-0.3, -0.25) is 4.79 Å². The minimum absolute atomic E-state index is 0.101. The van der Waals surface area contributed by atoms with Gasteiger partial charge in [-0.1, -0.05) is 6.07 Å². The van der Waals surface area contributed by atoms with Gasteiger partial charge in [0, 0.05) is 4.88 Å². The number of rotatable bonds is 4. The molecule has 2 heterocycles. The van der Waals surface area contributed by atoms with Crippen LogP contribution in [0.5, 0.6) is 0 Å². The molecular weight excluding hydrogens is 350 g/mol. The lowest BCUT2D eigenvalue weighted by Crippen LogP contribution is -2.21. The second kappa shape index (κ2) is 6.29. The van der Waals surface area contributed by atoms with Crippen LogP contribution in [0.4, 0.5) is 5.69 Å². The fourth-order valence-electron chi connectivity index (χ4n) is 2.18. The minimum atomic E-state index is -3.98. The zero-order valence-electron chi connectivity index (χ0n) is 12.5. The number of hydrogen-bond acceptors (Lipinski definition) is 7. The quantitative estimate of drug-likeness (QED) is 0.662. The zero-order valence-corrected chi connectivity index (χ0v) is 14.2. The Morgan fingerprint density at radius 2 is 1.96 bits per heavy atom. The molecule has 1 aromatic carbocycles. The van der Waals surface area contributed by atoms with E-state index in [1.54, 1.807) is 13.0 Å². The van der Waals surface area contributed by atoms with E-state index >= 15 is 0 Å². The van der Waals surface area contributed by atoms with Gasteiger partial charge < -0.3 is 0 Å². The predicted octanol–water partition coefficient (Wildman–Crippen LogP) is 2.13. The van der Waals surface area contributed by atoms with E-state index < -0.39 is 10.1 Å². The first-order valence-electron chi connectivity index (χ1n) is 6.81.